The van der Waals surface area contributed by atoms with Crippen LogP contribution in [-0.2, 0) is 62.8 Å². The second-order valence-electron chi connectivity index (χ2n) is 14.6. The molecule has 2 aromatic heterocycles. The summed E-state index contributed by atoms with van der Waals surface area (Å²) in [6.45, 7) is 7.22. The smallest absolute Gasteiger partial charge is 0.292 e. The van der Waals surface area contributed by atoms with Gasteiger partial charge < -0.3 is 53.1 Å². The Labute approximate surface area is 389 Å². The Bertz CT molecular complexity index is 2110. The van der Waals surface area contributed by atoms with E-state index in [9.17, 15) is 23.2 Å². The summed E-state index contributed by atoms with van der Waals surface area (Å²) in [4.78, 5) is 47.4. The average Bonchev–Trinajstić information content (AvgIpc) is 3.87. The third-order valence-electron chi connectivity index (χ3n) is 9.55. The van der Waals surface area contributed by atoms with Crippen LogP contribution in [0.15, 0.2) is 39.7 Å². The van der Waals surface area contributed by atoms with Gasteiger partial charge in [0, 0.05) is 58.9 Å². The molecule has 68 heavy (non-hydrogen) atoms. The van der Waals surface area contributed by atoms with Crippen molar-refractivity contribution in [3.05, 3.63) is 95.6 Å². The first-order valence-electron chi connectivity index (χ1n) is 21.2. The summed E-state index contributed by atoms with van der Waals surface area (Å²) in [7, 11) is 1.54. The van der Waals surface area contributed by atoms with E-state index in [1.54, 1.807) is 20.2 Å². The number of benzene rings is 1. The quantitative estimate of drug-likeness (QED) is 0.0202. The van der Waals surface area contributed by atoms with Gasteiger partial charge in [0.2, 0.25) is 0 Å². The number of ketones is 1. The number of nitrogens with one attached hydrogen (secondary N) is 2. The number of nitrogens with zero attached hydrogens (tertiary/aromatic N) is 13. The molecule has 0 aliphatic rings. The van der Waals surface area contributed by atoms with Crippen LogP contribution >= 0.6 is 0 Å². The number of rotatable bonds is 38. The third kappa shape index (κ3) is 20.3. The molecular weight excluding hydrogens is 905 g/mol. The molecular formula is C40H57F2N15O11. The van der Waals surface area contributed by atoms with E-state index in [0.717, 1.165) is 12.1 Å². The van der Waals surface area contributed by atoms with Gasteiger partial charge in [-0.25, -0.2) is 13.5 Å². The van der Waals surface area contributed by atoms with Crippen LogP contribution in [-0.4, -0.2) is 163 Å². The second kappa shape index (κ2) is 32.4. The van der Waals surface area contributed by atoms with Gasteiger partial charge in [-0.2, -0.15) is 0 Å². The molecule has 0 unspecified atom stereocenters. The molecule has 3 aromatic rings. The lowest BCUT2D eigenvalue weighted by molar-refractivity contribution is -0.121. The highest BCUT2D eigenvalue weighted by Crippen LogP contribution is 2.24. The molecule has 0 radical (unpaired) electrons. The maximum Gasteiger partial charge on any atom is 0.292 e. The van der Waals surface area contributed by atoms with Crippen LogP contribution in [0.3, 0.4) is 0 Å². The van der Waals surface area contributed by atoms with E-state index < -0.39 is 34.6 Å². The standard InChI is InChI=1S/C40H57F2N15O11/c1-29-35(30(2)56(3)36(29)38(59)50-31-4-5-33(41)34(42)22-31)37(58)39(60)46-23-32-24-57(55-51-32)9-13-64-17-21-68-28-40(25-65-18-14-61-10-6-47-52-43,26-66-19-15-62-11-7-48-53-44)27-67-20-16-63-12-8-49-54-45/h4-5,22,24H,6-21,23,25-28H2,1-3H3,(H,46,60)(H,50,59). The molecule has 2 N–H and O–H groups in total. The maximum atomic E-state index is 13.7. The highest BCUT2D eigenvalue weighted by Gasteiger charge is 2.33. The Hall–Kier alpha value is -6.28. The first-order chi connectivity index (χ1) is 33.0. The van der Waals surface area contributed by atoms with Crippen LogP contribution in [0.25, 0.3) is 31.3 Å². The van der Waals surface area contributed by atoms with Crippen LogP contribution in [0.2, 0.25) is 0 Å². The van der Waals surface area contributed by atoms with Crippen LogP contribution < -0.4 is 10.6 Å². The van der Waals surface area contributed by atoms with Crippen LogP contribution in [0.1, 0.15) is 37.8 Å². The van der Waals surface area contributed by atoms with Crippen molar-refractivity contribution < 1.29 is 61.1 Å². The van der Waals surface area contributed by atoms with E-state index in [1.165, 1.54) is 22.2 Å². The highest BCUT2D eigenvalue weighted by atomic mass is 19.2. The zero-order valence-electron chi connectivity index (χ0n) is 38.2. The fourth-order valence-electron chi connectivity index (χ4n) is 6.18. The van der Waals surface area contributed by atoms with Crippen molar-refractivity contribution in [3.63, 3.8) is 0 Å². The summed E-state index contributed by atoms with van der Waals surface area (Å²) >= 11 is 0. The minimum Gasteiger partial charge on any atom is -0.379 e. The number of carbonyl (C=O) groups excluding carboxylic acids is 3. The van der Waals surface area contributed by atoms with E-state index >= 15 is 0 Å². The number of Topliss-reactive ketones (excluding diaryl/α,β-unsaturated/α-hetero) is 1. The lowest BCUT2D eigenvalue weighted by Crippen LogP contribution is -2.43. The fourth-order valence-corrected chi connectivity index (χ4v) is 6.18. The average molecular weight is 962 g/mol. The summed E-state index contributed by atoms with van der Waals surface area (Å²) in [5.74, 6) is -4.71. The number of carbonyl (C=O) groups is 3. The van der Waals surface area contributed by atoms with Gasteiger partial charge in [0.25, 0.3) is 17.6 Å². The van der Waals surface area contributed by atoms with Crippen LogP contribution in [0, 0.1) is 30.9 Å². The Balaban J connectivity index is 1.50. The summed E-state index contributed by atoms with van der Waals surface area (Å²) in [5, 5.41) is 23.4. The molecule has 0 spiro atoms. The molecule has 0 atom stereocenters. The molecule has 1 aromatic carbocycles. The van der Waals surface area contributed by atoms with Gasteiger partial charge in [0.15, 0.2) is 11.6 Å². The summed E-state index contributed by atoms with van der Waals surface area (Å²) in [6.07, 6.45) is 1.58. The molecule has 0 aliphatic heterocycles. The Morgan fingerprint density at radius 2 is 1.19 bits per heavy atom. The molecule has 0 saturated heterocycles. The normalized spacial score (nSPS) is 11.8. The minimum atomic E-state index is -1.14. The van der Waals surface area contributed by atoms with Gasteiger partial charge >= 0.3 is 0 Å². The largest absolute Gasteiger partial charge is 0.379 e. The SMILES string of the molecule is Cc1c(C(=O)C(=O)NCc2cn(CCOCCOCC(COCCOCCN=[N+]=[N-])(COCCOCCN=[N+]=[N-])COCCOCCN=[N+]=[N-])nn2)c(C)n(C)c1C(=O)Nc1ccc(F)c(F)c1. The van der Waals surface area contributed by atoms with Crippen molar-refractivity contribution >= 4 is 23.3 Å². The van der Waals surface area contributed by atoms with Crippen LogP contribution in [0.5, 0.6) is 0 Å². The van der Waals surface area contributed by atoms with Gasteiger partial charge in [0.1, 0.15) is 11.4 Å². The van der Waals surface area contributed by atoms with Gasteiger partial charge in [-0.1, -0.05) is 20.6 Å². The number of aromatic nitrogens is 4. The molecule has 0 saturated carbocycles. The molecule has 0 fully saturated rings. The van der Waals surface area contributed by atoms with Gasteiger partial charge in [-0.05, 0) is 48.1 Å². The number of halogens is 2. The zero-order valence-corrected chi connectivity index (χ0v) is 38.2. The second-order valence-corrected chi connectivity index (χ2v) is 14.6. The number of anilines is 1. The summed E-state index contributed by atoms with van der Waals surface area (Å²) < 4.78 is 76.1. The van der Waals surface area contributed by atoms with E-state index in [1.807, 2.05) is 0 Å². The van der Waals surface area contributed by atoms with E-state index in [4.69, 9.17) is 54.5 Å². The maximum absolute atomic E-state index is 13.7. The Kier molecular flexibility index (Phi) is 26.7. The van der Waals surface area contributed by atoms with Crippen molar-refractivity contribution in [1.29, 1.82) is 0 Å². The lowest BCUT2D eigenvalue weighted by Gasteiger charge is -2.33. The predicted molar refractivity (Wildman–Crippen MR) is 236 cm³/mol. The molecule has 3 rings (SSSR count). The van der Waals surface area contributed by atoms with Crippen molar-refractivity contribution in [3.8, 4) is 0 Å². The predicted octanol–water partition coefficient (Wildman–Crippen LogP) is 4.31. The van der Waals surface area contributed by atoms with Crippen molar-refractivity contribution in [2.45, 2.75) is 26.9 Å². The third-order valence-corrected chi connectivity index (χ3v) is 9.55. The number of amides is 2. The minimum absolute atomic E-state index is 0.00881. The Morgan fingerprint density at radius 3 is 1.68 bits per heavy atom. The monoisotopic (exact) mass is 961 g/mol. The summed E-state index contributed by atoms with van der Waals surface area (Å²) in [6, 6.07) is 2.90. The number of hydrogen-bond acceptors (Lipinski definition) is 16. The highest BCUT2D eigenvalue weighted by molar-refractivity contribution is 6.43. The van der Waals surface area contributed by atoms with E-state index in [0.29, 0.717) is 17.9 Å². The first-order valence-corrected chi connectivity index (χ1v) is 21.2. The van der Waals surface area contributed by atoms with Crippen molar-refractivity contribution in [2.75, 3.05) is 131 Å². The fraction of sp³-hybridized carbons (Fsp3) is 0.625. The van der Waals surface area contributed by atoms with Crippen molar-refractivity contribution in [2.24, 2.45) is 27.8 Å². The first kappa shape index (κ1) is 56.0. The number of ether oxygens (including phenoxy) is 8. The molecule has 372 valence electrons. The van der Waals surface area contributed by atoms with E-state index in [-0.39, 0.29) is 154 Å². The molecule has 2 heterocycles. The van der Waals surface area contributed by atoms with Crippen LogP contribution in [0.4, 0.5) is 14.5 Å². The topological polar surface area (TPSA) is 331 Å². The Morgan fingerprint density at radius 1 is 0.706 bits per heavy atom. The number of azide groups is 3. The van der Waals surface area contributed by atoms with Gasteiger partial charge in [-0.3, -0.25) is 14.4 Å². The molecule has 26 nitrogen and oxygen atoms in total. The number of hydrogen-bond donors (Lipinski definition) is 2. The van der Waals surface area contributed by atoms with Gasteiger partial charge in [0.05, 0.1) is 136 Å². The molecule has 0 bridgehead atoms. The molecule has 0 aliphatic carbocycles. The van der Waals surface area contributed by atoms with Gasteiger partial charge in [-0.15, -0.1) is 5.10 Å². The zero-order chi connectivity index (χ0) is 49.4. The lowest BCUT2D eigenvalue weighted by atomic mass is 9.92. The van der Waals surface area contributed by atoms with E-state index in [2.05, 4.69) is 51.0 Å². The molecule has 28 heteroatoms. The van der Waals surface area contributed by atoms with Crippen molar-refractivity contribution in [1.82, 2.24) is 24.9 Å². The molecule has 2 amide bonds. The summed E-state index contributed by atoms with van der Waals surface area (Å²) in [5.41, 5.74) is 25.6.